The van der Waals surface area contributed by atoms with Crippen LogP contribution in [0.15, 0.2) is 11.6 Å². The summed E-state index contributed by atoms with van der Waals surface area (Å²) in [5, 5.41) is 6.23. The third-order valence-electron chi connectivity index (χ3n) is 2.90. The van der Waals surface area contributed by atoms with Crippen molar-refractivity contribution in [2.75, 3.05) is 35.3 Å². The van der Waals surface area contributed by atoms with Crippen LogP contribution >= 0.6 is 11.3 Å². The minimum atomic E-state index is 0.351. The van der Waals surface area contributed by atoms with Crippen molar-refractivity contribution in [2.24, 2.45) is 5.84 Å². The minimum Gasteiger partial charge on any atom is -0.354 e. The Morgan fingerprint density at radius 1 is 1.19 bits per heavy atom. The molecular formula is C12H20N8S. The molecule has 0 unspecified atom stereocenters. The number of nitrogens with one attached hydrogen (secondary N) is 2. The number of nitrogens with two attached hydrogens (primary N) is 1. The van der Waals surface area contributed by atoms with Gasteiger partial charge in [-0.2, -0.15) is 15.0 Å². The van der Waals surface area contributed by atoms with Crippen molar-refractivity contribution >= 4 is 29.2 Å². The van der Waals surface area contributed by atoms with Gasteiger partial charge in [0.15, 0.2) is 0 Å². The second-order valence-corrected chi connectivity index (χ2v) is 5.18. The van der Waals surface area contributed by atoms with Gasteiger partial charge in [-0.1, -0.05) is 0 Å². The van der Waals surface area contributed by atoms with Gasteiger partial charge in [0, 0.05) is 37.6 Å². The van der Waals surface area contributed by atoms with E-state index in [0.717, 1.165) is 24.5 Å². The maximum atomic E-state index is 5.42. The number of hydrogen-bond donors (Lipinski definition) is 3. The average Bonchev–Trinajstić information content (AvgIpc) is 3.01. The second-order valence-electron chi connectivity index (χ2n) is 4.20. The SMILES string of the molecule is CCN(CC)c1nc(NN)nc(NCCc2nccs2)n1. The first-order chi connectivity index (χ1) is 10.3. The van der Waals surface area contributed by atoms with Crippen LogP contribution in [0.4, 0.5) is 17.8 Å². The molecule has 0 saturated heterocycles. The monoisotopic (exact) mass is 308 g/mol. The first kappa shape index (κ1) is 15.4. The highest BCUT2D eigenvalue weighted by Gasteiger charge is 2.10. The highest BCUT2D eigenvalue weighted by Crippen LogP contribution is 2.13. The molecule has 2 aromatic heterocycles. The number of thiazole rings is 1. The second kappa shape index (κ2) is 7.70. The molecule has 9 heteroatoms. The number of rotatable bonds is 8. The summed E-state index contributed by atoms with van der Waals surface area (Å²) in [6.07, 6.45) is 2.63. The zero-order valence-corrected chi connectivity index (χ0v) is 13.0. The third kappa shape index (κ3) is 4.23. The molecule has 0 aliphatic heterocycles. The Morgan fingerprint density at radius 2 is 1.95 bits per heavy atom. The maximum absolute atomic E-state index is 5.42. The fourth-order valence-corrected chi connectivity index (χ4v) is 2.43. The lowest BCUT2D eigenvalue weighted by Gasteiger charge is -2.19. The highest BCUT2D eigenvalue weighted by molar-refractivity contribution is 7.09. The first-order valence-corrected chi connectivity index (χ1v) is 7.74. The van der Waals surface area contributed by atoms with Gasteiger partial charge in [0.25, 0.3) is 0 Å². The Balaban J connectivity index is 2.05. The number of hydrazine groups is 1. The number of nitrogens with zero attached hydrogens (tertiary/aromatic N) is 5. The molecule has 0 radical (unpaired) electrons. The Bertz CT molecular complexity index is 540. The average molecular weight is 308 g/mol. The molecule has 114 valence electrons. The van der Waals surface area contributed by atoms with Crippen LogP contribution in [-0.2, 0) is 6.42 Å². The van der Waals surface area contributed by atoms with E-state index in [9.17, 15) is 0 Å². The lowest BCUT2D eigenvalue weighted by Crippen LogP contribution is -2.26. The molecular weight excluding hydrogens is 288 g/mol. The van der Waals surface area contributed by atoms with E-state index < -0.39 is 0 Å². The summed E-state index contributed by atoms with van der Waals surface area (Å²) in [6, 6.07) is 0. The van der Waals surface area contributed by atoms with Gasteiger partial charge < -0.3 is 10.2 Å². The summed E-state index contributed by atoms with van der Waals surface area (Å²) < 4.78 is 0. The Labute approximate surface area is 127 Å². The van der Waals surface area contributed by atoms with E-state index >= 15 is 0 Å². The summed E-state index contributed by atoms with van der Waals surface area (Å²) >= 11 is 1.64. The van der Waals surface area contributed by atoms with Crippen molar-refractivity contribution in [1.82, 2.24) is 19.9 Å². The molecule has 0 saturated carbocycles. The lowest BCUT2D eigenvalue weighted by molar-refractivity contribution is 0.811. The van der Waals surface area contributed by atoms with Gasteiger partial charge in [-0.15, -0.1) is 11.3 Å². The minimum absolute atomic E-state index is 0.351. The number of anilines is 3. The van der Waals surface area contributed by atoms with Crippen LogP contribution in [0.5, 0.6) is 0 Å². The van der Waals surface area contributed by atoms with E-state index in [0.29, 0.717) is 24.4 Å². The summed E-state index contributed by atoms with van der Waals surface area (Å²) in [6.45, 7) is 6.46. The molecule has 0 aliphatic rings. The number of aromatic nitrogens is 4. The number of nitrogen functional groups attached to an aromatic ring is 1. The van der Waals surface area contributed by atoms with Crippen LogP contribution < -0.4 is 21.5 Å². The van der Waals surface area contributed by atoms with Gasteiger partial charge in [-0.25, -0.2) is 10.8 Å². The van der Waals surface area contributed by atoms with Crippen molar-refractivity contribution < 1.29 is 0 Å². The van der Waals surface area contributed by atoms with Crippen LogP contribution in [0.3, 0.4) is 0 Å². The standard InChI is InChI=1S/C12H20N8S/c1-3-20(4-2)12-17-10(16-11(18-12)19-13)15-6-5-9-14-7-8-21-9/h7-8H,3-6,13H2,1-2H3,(H2,15,16,17,18,19). The molecule has 0 aromatic carbocycles. The predicted molar refractivity (Wildman–Crippen MR) is 85.5 cm³/mol. The van der Waals surface area contributed by atoms with Crippen molar-refractivity contribution in [1.29, 1.82) is 0 Å². The fraction of sp³-hybridized carbons (Fsp3) is 0.500. The van der Waals surface area contributed by atoms with Gasteiger partial charge in [0.1, 0.15) is 0 Å². The Kier molecular flexibility index (Phi) is 5.64. The summed E-state index contributed by atoms with van der Waals surface area (Å²) in [5.74, 6) is 6.89. The zero-order chi connectivity index (χ0) is 15.1. The molecule has 2 heterocycles. The van der Waals surface area contributed by atoms with E-state index in [2.05, 4.69) is 44.5 Å². The van der Waals surface area contributed by atoms with Crippen LogP contribution in [0.25, 0.3) is 0 Å². The summed E-state index contributed by atoms with van der Waals surface area (Å²) in [7, 11) is 0. The molecule has 0 fully saturated rings. The summed E-state index contributed by atoms with van der Waals surface area (Å²) in [4.78, 5) is 19.2. The Morgan fingerprint density at radius 3 is 2.57 bits per heavy atom. The molecule has 21 heavy (non-hydrogen) atoms. The fourth-order valence-electron chi connectivity index (χ4n) is 1.81. The zero-order valence-electron chi connectivity index (χ0n) is 12.2. The number of hydrogen-bond acceptors (Lipinski definition) is 9. The van der Waals surface area contributed by atoms with Gasteiger partial charge in [0.05, 0.1) is 5.01 Å². The lowest BCUT2D eigenvalue weighted by atomic mass is 10.4. The van der Waals surface area contributed by atoms with Crippen molar-refractivity contribution in [3.8, 4) is 0 Å². The van der Waals surface area contributed by atoms with Crippen molar-refractivity contribution in [3.63, 3.8) is 0 Å². The van der Waals surface area contributed by atoms with Crippen molar-refractivity contribution in [2.45, 2.75) is 20.3 Å². The molecule has 0 aliphatic carbocycles. The van der Waals surface area contributed by atoms with Crippen LogP contribution in [0, 0.1) is 0 Å². The molecule has 0 bridgehead atoms. The normalized spacial score (nSPS) is 10.4. The molecule has 2 aromatic rings. The molecule has 8 nitrogen and oxygen atoms in total. The van der Waals surface area contributed by atoms with Gasteiger partial charge in [-0.3, -0.25) is 5.43 Å². The van der Waals surface area contributed by atoms with Gasteiger partial charge >= 0.3 is 0 Å². The van der Waals surface area contributed by atoms with E-state index in [1.165, 1.54) is 0 Å². The topological polar surface area (TPSA) is 105 Å². The van der Waals surface area contributed by atoms with Gasteiger partial charge in [-0.05, 0) is 13.8 Å². The van der Waals surface area contributed by atoms with E-state index in [1.807, 2.05) is 10.3 Å². The van der Waals surface area contributed by atoms with E-state index in [-0.39, 0.29) is 0 Å². The third-order valence-corrected chi connectivity index (χ3v) is 3.74. The molecule has 0 amide bonds. The molecule has 0 spiro atoms. The smallest absolute Gasteiger partial charge is 0.243 e. The largest absolute Gasteiger partial charge is 0.354 e. The summed E-state index contributed by atoms with van der Waals surface area (Å²) in [5.41, 5.74) is 2.48. The predicted octanol–water partition coefficient (Wildman–Crippen LogP) is 1.11. The first-order valence-electron chi connectivity index (χ1n) is 6.86. The van der Waals surface area contributed by atoms with E-state index in [4.69, 9.17) is 5.84 Å². The van der Waals surface area contributed by atoms with Crippen molar-refractivity contribution in [3.05, 3.63) is 16.6 Å². The van der Waals surface area contributed by atoms with Gasteiger partial charge in [0.2, 0.25) is 17.8 Å². The van der Waals surface area contributed by atoms with E-state index in [1.54, 1.807) is 17.5 Å². The molecule has 2 rings (SSSR count). The molecule has 4 N–H and O–H groups in total. The molecule has 0 atom stereocenters. The van der Waals surface area contributed by atoms with Crippen LogP contribution in [-0.4, -0.2) is 39.6 Å². The highest BCUT2D eigenvalue weighted by atomic mass is 32.1. The maximum Gasteiger partial charge on any atom is 0.243 e. The van der Waals surface area contributed by atoms with Crippen LogP contribution in [0.1, 0.15) is 18.9 Å². The quantitative estimate of drug-likeness (QED) is 0.492. The van der Waals surface area contributed by atoms with Crippen LogP contribution in [0.2, 0.25) is 0 Å². The Hall–Kier alpha value is -2.00.